The van der Waals surface area contributed by atoms with E-state index in [-0.39, 0.29) is 23.4 Å². The standard InChI is InChI=1S/C21H22F4N2O2/c1-27-10-3-6-17(27)9-11-29-20(28)26-19-8-7-15(21(23,24)25)13-18(19)14-4-2-5-16(22)12-14/h2,4-5,7-8,12-13,17H,3,6,9-11H2,1H3,(H,26,28). The summed E-state index contributed by atoms with van der Waals surface area (Å²) in [4.78, 5) is 14.4. The first-order chi connectivity index (χ1) is 13.7. The third kappa shape index (κ3) is 5.47. The van der Waals surface area contributed by atoms with Gasteiger partial charge < -0.3 is 9.64 Å². The summed E-state index contributed by atoms with van der Waals surface area (Å²) >= 11 is 0. The van der Waals surface area contributed by atoms with Crippen LogP contribution >= 0.6 is 0 Å². The highest BCUT2D eigenvalue weighted by molar-refractivity contribution is 5.91. The van der Waals surface area contributed by atoms with Crippen molar-refractivity contribution in [2.45, 2.75) is 31.5 Å². The molecule has 4 nitrogen and oxygen atoms in total. The Labute approximate surface area is 166 Å². The Bertz CT molecular complexity index is 870. The average molecular weight is 410 g/mol. The molecule has 1 heterocycles. The number of hydrogen-bond acceptors (Lipinski definition) is 3. The Morgan fingerprint density at radius 1 is 1.24 bits per heavy atom. The third-order valence-corrected chi connectivity index (χ3v) is 5.07. The number of carbonyl (C=O) groups is 1. The second-order valence-corrected chi connectivity index (χ2v) is 7.09. The number of hydrogen-bond donors (Lipinski definition) is 1. The largest absolute Gasteiger partial charge is 0.449 e. The lowest BCUT2D eigenvalue weighted by Gasteiger charge is -2.19. The molecule has 0 saturated carbocycles. The van der Waals surface area contributed by atoms with Crippen LogP contribution in [0, 0.1) is 5.82 Å². The number of likely N-dealkylation sites (tertiary alicyclic amines) is 1. The number of nitrogens with one attached hydrogen (secondary N) is 1. The topological polar surface area (TPSA) is 41.6 Å². The highest BCUT2D eigenvalue weighted by Gasteiger charge is 2.31. The van der Waals surface area contributed by atoms with E-state index in [4.69, 9.17) is 4.74 Å². The van der Waals surface area contributed by atoms with Crippen molar-refractivity contribution >= 4 is 11.8 Å². The van der Waals surface area contributed by atoms with E-state index >= 15 is 0 Å². The summed E-state index contributed by atoms with van der Waals surface area (Å²) in [5.74, 6) is -0.589. The van der Waals surface area contributed by atoms with Crippen LogP contribution in [0.15, 0.2) is 42.5 Å². The number of halogens is 4. The van der Waals surface area contributed by atoms with Gasteiger partial charge in [0.25, 0.3) is 0 Å². The monoisotopic (exact) mass is 410 g/mol. The van der Waals surface area contributed by atoms with Gasteiger partial charge in [-0.15, -0.1) is 0 Å². The van der Waals surface area contributed by atoms with E-state index in [1.807, 2.05) is 7.05 Å². The summed E-state index contributed by atoms with van der Waals surface area (Å²) in [6.07, 6.45) is -2.48. The van der Waals surface area contributed by atoms with Crippen LogP contribution in [0.1, 0.15) is 24.8 Å². The normalized spacial score (nSPS) is 17.3. The van der Waals surface area contributed by atoms with E-state index in [0.29, 0.717) is 12.5 Å². The molecule has 156 valence electrons. The molecule has 29 heavy (non-hydrogen) atoms. The Kier molecular flexibility index (Phi) is 6.42. The summed E-state index contributed by atoms with van der Waals surface area (Å²) in [5.41, 5.74) is -0.489. The third-order valence-electron chi connectivity index (χ3n) is 5.07. The first-order valence-corrected chi connectivity index (χ1v) is 9.35. The molecule has 1 unspecified atom stereocenters. The van der Waals surface area contributed by atoms with Crippen LogP contribution in [-0.2, 0) is 10.9 Å². The molecule has 0 aliphatic carbocycles. The quantitative estimate of drug-likeness (QED) is 0.658. The number of rotatable bonds is 5. The molecule has 3 rings (SSSR count). The minimum atomic E-state index is -4.56. The number of anilines is 1. The number of nitrogens with zero attached hydrogens (tertiary/aromatic N) is 1. The summed E-state index contributed by atoms with van der Waals surface area (Å²) in [6.45, 7) is 1.22. The van der Waals surface area contributed by atoms with E-state index in [1.54, 1.807) is 0 Å². The van der Waals surface area contributed by atoms with Crippen molar-refractivity contribution in [3.05, 3.63) is 53.8 Å². The molecule has 1 amide bonds. The van der Waals surface area contributed by atoms with Crippen molar-refractivity contribution in [2.24, 2.45) is 0 Å². The summed E-state index contributed by atoms with van der Waals surface area (Å²) in [5, 5.41) is 2.48. The van der Waals surface area contributed by atoms with Crippen LogP contribution in [0.4, 0.5) is 28.0 Å². The average Bonchev–Trinajstić information content (AvgIpc) is 3.06. The first-order valence-electron chi connectivity index (χ1n) is 9.35. The maximum Gasteiger partial charge on any atom is 0.416 e. The fraction of sp³-hybridized carbons (Fsp3) is 0.381. The Balaban J connectivity index is 1.74. The first kappa shape index (κ1) is 21.1. The molecule has 0 spiro atoms. The highest BCUT2D eigenvalue weighted by atomic mass is 19.4. The summed E-state index contributed by atoms with van der Waals surface area (Å²) in [6, 6.07) is 8.44. The fourth-order valence-electron chi connectivity index (χ4n) is 3.50. The van der Waals surface area contributed by atoms with Crippen LogP contribution < -0.4 is 5.32 Å². The summed E-state index contributed by atoms with van der Waals surface area (Å²) in [7, 11) is 2.02. The molecule has 2 aromatic rings. The zero-order valence-corrected chi connectivity index (χ0v) is 15.9. The molecule has 0 aromatic heterocycles. The Morgan fingerprint density at radius 3 is 2.69 bits per heavy atom. The fourth-order valence-corrected chi connectivity index (χ4v) is 3.50. The van der Waals surface area contributed by atoms with Crippen molar-refractivity contribution in [3.8, 4) is 11.1 Å². The molecule has 1 saturated heterocycles. The highest BCUT2D eigenvalue weighted by Crippen LogP contribution is 2.36. The van der Waals surface area contributed by atoms with Crippen LogP contribution in [0.2, 0.25) is 0 Å². The molecule has 0 bridgehead atoms. The lowest BCUT2D eigenvalue weighted by atomic mass is 10.0. The van der Waals surface area contributed by atoms with Gasteiger partial charge in [-0.25, -0.2) is 9.18 Å². The molecule has 1 N–H and O–H groups in total. The number of carbonyl (C=O) groups excluding carboxylic acids is 1. The van der Waals surface area contributed by atoms with Gasteiger partial charge in [-0.1, -0.05) is 12.1 Å². The molecule has 8 heteroatoms. The molecule has 1 aliphatic heterocycles. The van der Waals surface area contributed by atoms with Crippen LogP contribution in [0.3, 0.4) is 0 Å². The molecule has 0 radical (unpaired) electrons. The van der Waals surface area contributed by atoms with E-state index < -0.39 is 23.7 Å². The number of ether oxygens (including phenoxy) is 1. The van der Waals surface area contributed by atoms with Crippen molar-refractivity contribution in [2.75, 3.05) is 25.5 Å². The van der Waals surface area contributed by atoms with Gasteiger partial charge in [-0.2, -0.15) is 13.2 Å². The zero-order chi connectivity index (χ0) is 21.0. The van der Waals surface area contributed by atoms with E-state index in [9.17, 15) is 22.4 Å². The van der Waals surface area contributed by atoms with Gasteiger partial charge in [0, 0.05) is 11.6 Å². The number of amides is 1. The van der Waals surface area contributed by atoms with Crippen LogP contribution in [0.5, 0.6) is 0 Å². The zero-order valence-electron chi connectivity index (χ0n) is 15.9. The van der Waals surface area contributed by atoms with Crippen molar-refractivity contribution in [3.63, 3.8) is 0 Å². The van der Waals surface area contributed by atoms with Crippen molar-refractivity contribution in [1.82, 2.24) is 4.90 Å². The Hall–Kier alpha value is -2.61. The molecule has 1 aliphatic rings. The minimum Gasteiger partial charge on any atom is -0.449 e. The number of benzene rings is 2. The van der Waals surface area contributed by atoms with E-state index in [0.717, 1.165) is 43.7 Å². The molecule has 1 fully saturated rings. The maximum atomic E-state index is 13.6. The SMILES string of the molecule is CN1CCCC1CCOC(=O)Nc1ccc(C(F)(F)F)cc1-c1cccc(F)c1. The number of alkyl halides is 3. The van der Waals surface area contributed by atoms with Gasteiger partial charge >= 0.3 is 12.3 Å². The Morgan fingerprint density at radius 2 is 2.03 bits per heavy atom. The summed E-state index contributed by atoms with van der Waals surface area (Å²) < 4.78 is 58.1. The van der Waals surface area contributed by atoms with E-state index in [2.05, 4.69) is 10.2 Å². The minimum absolute atomic E-state index is 0.0619. The lowest BCUT2D eigenvalue weighted by molar-refractivity contribution is -0.137. The van der Waals surface area contributed by atoms with Gasteiger partial charge in [0.1, 0.15) is 5.82 Å². The van der Waals surface area contributed by atoms with Gasteiger partial charge in [0.2, 0.25) is 0 Å². The van der Waals surface area contributed by atoms with Gasteiger partial charge in [-0.3, -0.25) is 5.32 Å². The second kappa shape index (κ2) is 8.82. The lowest BCUT2D eigenvalue weighted by Crippen LogP contribution is -2.27. The second-order valence-electron chi connectivity index (χ2n) is 7.09. The van der Waals surface area contributed by atoms with Crippen LogP contribution in [0.25, 0.3) is 11.1 Å². The van der Waals surface area contributed by atoms with Gasteiger partial charge in [0.15, 0.2) is 0 Å². The smallest absolute Gasteiger partial charge is 0.416 e. The predicted molar refractivity (Wildman–Crippen MR) is 102 cm³/mol. The van der Waals surface area contributed by atoms with Gasteiger partial charge in [0.05, 0.1) is 17.9 Å². The molecule has 1 atom stereocenters. The van der Waals surface area contributed by atoms with Gasteiger partial charge in [-0.05, 0) is 68.8 Å². The molecular weight excluding hydrogens is 388 g/mol. The van der Waals surface area contributed by atoms with E-state index in [1.165, 1.54) is 18.2 Å². The van der Waals surface area contributed by atoms with Crippen molar-refractivity contribution < 1.29 is 27.1 Å². The predicted octanol–water partition coefficient (Wildman–Crippen LogP) is 5.54. The molecule has 2 aromatic carbocycles. The molecular formula is C21H22F4N2O2. The maximum absolute atomic E-state index is 13.6. The van der Waals surface area contributed by atoms with Crippen molar-refractivity contribution in [1.29, 1.82) is 0 Å². The van der Waals surface area contributed by atoms with Crippen LogP contribution in [-0.4, -0.2) is 37.2 Å².